The Hall–Kier alpha value is -0.860. The molecular formula is C12H17NO2. The highest BCUT2D eigenvalue weighted by Crippen LogP contribution is 2.55. The second-order valence-electron chi connectivity index (χ2n) is 5.47. The van der Waals surface area contributed by atoms with Crippen LogP contribution in [0.2, 0.25) is 0 Å². The van der Waals surface area contributed by atoms with E-state index in [4.69, 9.17) is 0 Å². The van der Waals surface area contributed by atoms with Gasteiger partial charge in [-0.15, -0.1) is 0 Å². The number of rotatable bonds is 3. The summed E-state index contributed by atoms with van der Waals surface area (Å²) in [6.07, 6.45) is 5.11. The van der Waals surface area contributed by atoms with Crippen LogP contribution in [0.5, 0.6) is 0 Å². The molecule has 1 saturated heterocycles. The highest BCUT2D eigenvalue weighted by molar-refractivity contribution is 6.05. The second kappa shape index (κ2) is 2.83. The first-order valence-corrected chi connectivity index (χ1v) is 5.94. The monoisotopic (exact) mass is 207 g/mol. The third-order valence-corrected chi connectivity index (χ3v) is 4.37. The normalized spacial score (nSPS) is 27.7. The van der Waals surface area contributed by atoms with Gasteiger partial charge in [0.15, 0.2) is 5.78 Å². The van der Waals surface area contributed by atoms with Gasteiger partial charge in [-0.3, -0.25) is 9.59 Å². The van der Waals surface area contributed by atoms with Gasteiger partial charge in [0.05, 0.1) is 13.0 Å². The number of hydrogen-bond acceptors (Lipinski definition) is 2. The molecular weight excluding hydrogens is 190 g/mol. The largest absolute Gasteiger partial charge is 0.329 e. The zero-order chi connectivity index (χ0) is 10.6. The molecule has 82 valence electrons. The van der Waals surface area contributed by atoms with E-state index in [1.807, 2.05) is 4.90 Å². The van der Waals surface area contributed by atoms with Crippen LogP contribution in [0.4, 0.5) is 0 Å². The molecule has 0 aromatic carbocycles. The lowest BCUT2D eigenvalue weighted by atomic mass is 9.88. The van der Waals surface area contributed by atoms with Gasteiger partial charge in [-0.05, 0) is 44.4 Å². The van der Waals surface area contributed by atoms with Gasteiger partial charge in [-0.25, -0.2) is 0 Å². The molecule has 0 atom stereocenters. The van der Waals surface area contributed by atoms with Crippen molar-refractivity contribution < 1.29 is 9.59 Å². The molecule has 3 heteroatoms. The fraction of sp³-hybridized carbons (Fsp3) is 0.833. The van der Waals surface area contributed by atoms with Crippen LogP contribution in [0.25, 0.3) is 0 Å². The van der Waals surface area contributed by atoms with Gasteiger partial charge in [0.25, 0.3) is 0 Å². The SMILES string of the molecule is CC(C1CC1)(C1CC1)N1CC(=O)CC1=O. The fourth-order valence-electron chi connectivity index (χ4n) is 3.13. The van der Waals surface area contributed by atoms with E-state index in [9.17, 15) is 9.59 Å². The second-order valence-corrected chi connectivity index (χ2v) is 5.47. The number of nitrogens with zero attached hydrogens (tertiary/aromatic N) is 1. The Kier molecular flexibility index (Phi) is 1.77. The molecule has 0 aromatic heterocycles. The summed E-state index contributed by atoms with van der Waals surface area (Å²) in [5, 5.41) is 0. The zero-order valence-electron chi connectivity index (χ0n) is 9.16. The number of hydrogen-bond donors (Lipinski definition) is 0. The number of amides is 1. The predicted molar refractivity (Wildman–Crippen MR) is 55.2 cm³/mol. The first kappa shape index (κ1) is 9.37. The van der Waals surface area contributed by atoms with E-state index in [0.29, 0.717) is 18.4 Å². The molecule has 15 heavy (non-hydrogen) atoms. The molecule has 0 unspecified atom stereocenters. The molecule has 1 heterocycles. The molecule has 3 aliphatic rings. The van der Waals surface area contributed by atoms with Crippen molar-refractivity contribution in [2.24, 2.45) is 11.8 Å². The molecule has 2 aliphatic carbocycles. The maximum absolute atomic E-state index is 11.8. The summed E-state index contributed by atoms with van der Waals surface area (Å²) in [6.45, 7) is 2.58. The van der Waals surface area contributed by atoms with Gasteiger partial charge >= 0.3 is 0 Å². The van der Waals surface area contributed by atoms with Gasteiger partial charge in [0, 0.05) is 5.54 Å². The van der Waals surface area contributed by atoms with E-state index < -0.39 is 0 Å². The number of carbonyl (C=O) groups is 2. The van der Waals surface area contributed by atoms with Gasteiger partial charge < -0.3 is 4.90 Å². The quantitative estimate of drug-likeness (QED) is 0.655. The van der Waals surface area contributed by atoms with Gasteiger partial charge in [-0.1, -0.05) is 0 Å². The number of ketones is 1. The summed E-state index contributed by atoms with van der Waals surface area (Å²) < 4.78 is 0. The number of Topliss-reactive ketones (excluding diaryl/α,β-unsaturated/α-hetero) is 1. The summed E-state index contributed by atoms with van der Waals surface area (Å²) in [6, 6.07) is 0. The molecule has 1 amide bonds. The number of likely N-dealkylation sites (tertiary alicyclic amines) is 1. The van der Waals surface area contributed by atoms with Crippen LogP contribution >= 0.6 is 0 Å². The Labute approximate surface area is 89.8 Å². The standard InChI is InChI=1S/C12H17NO2/c1-12(8-2-3-8,9-4-5-9)13-7-10(14)6-11(13)15/h8-9H,2-7H2,1H3. The van der Waals surface area contributed by atoms with Gasteiger partial charge in [0.1, 0.15) is 0 Å². The smallest absolute Gasteiger partial charge is 0.230 e. The minimum absolute atomic E-state index is 0.0171. The Balaban J connectivity index is 1.88. The molecule has 3 rings (SSSR count). The van der Waals surface area contributed by atoms with Crippen LogP contribution in [0.1, 0.15) is 39.0 Å². The van der Waals surface area contributed by atoms with Crippen molar-refractivity contribution in [2.75, 3.05) is 6.54 Å². The molecule has 3 fully saturated rings. The van der Waals surface area contributed by atoms with E-state index in [2.05, 4.69) is 6.92 Å². The molecule has 2 saturated carbocycles. The van der Waals surface area contributed by atoms with Gasteiger partial charge in [-0.2, -0.15) is 0 Å². The third kappa shape index (κ3) is 1.32. The molecule has 3 nitrogen and oxygen atoms in total. The van der Waals surface area contributed by atoms with Crippen LogP contribution < -0.4 is 0 Å². The van der Waals surface area contributed by atoms with Crippen LogP contribution in [0.15, 0.2) is 0 Å². The van der Waals surface area contributed by atoms with E-state index in [1.54, 1.807) is 0 Å². The molecule has 0 radical (unpaired) electrons. The first-order valence-electron chi connectivity index (χ1n) is 5.94. The predicted octanol–water partition coefficient (Wildman–Crippen LogP) is 1.37. The molecule has 0 bridgehead atoms. The highest BCUT2D eigenvalue weighted by atomic mass is 16.2. The minimum Gasteiger partial charge on any atom is -0.329 e. The van der Waals surface area contributed by atoms with E-state index >= 15 is 0 Å². The molecule has 1 aliphatic heterocycles. The van der Waals surface area contributed by atoms with E-state index in [1.165, 1.54) is 25.7 Å². The first-order chi connectivity index (χ1) is 7.12. The maximum Gasteiger partial charge on any atom is 0.230 e. The summed E-state index contributed by atoms with van der Waals surface area (Å²) in [5.41, 5.74) is 0.0171. The van der Waals surface area contributed by atoms with Crippen molar-refractivity contribution in [1.29, 1.82) is 0 Å². The Morgan fingerprint density at radius 3 is 2.00 bits per heavy atom. The third-order valence-electron chi connectivity index (χ3n) is 4.37. The van der Waals surface area contributed by atoms with Crippen molar-refractivity contribution >= 4 is 11.7 Å². The molecule has 0 aromatic rings. The summed E-state index contributed by atoms with van der Waals surface area (Å²) >= 11 is 0. The Morgan fingerprint density at radius 2 is 1.67 bits per heavy atom. The Morgan fingerprint density at radius 1 is 1.13 bits per heavy atom. The van der Waals surface area contributed by atoms with Gasteiger partial charge in [0.2, 0.25) is 5.91 Å². The van der Waals surface area contributed by atoms with Crippen LogP contribution in [-0.2, 0) is 9.59 Å². The summed E-state index contributed by atoms with van der Waals surface area (Å²) in [4.78, 5) is 25.0. The zero-order valence-corrected chi connectivity index (χ0v) is 9.16. The average molecular weight is 207 g/mol. The van der Waals surface area contributed by atoms with Crippen molar-refractivity contribution in [1.82, 2.24) is 4.90 Å². The van der Waals surface area contributed by atoms with Crippen molar-refractivity contribution in [2.45, 2.75) is 44.6 Å². The van der Waals surface area contributed by atoms with Crippen molar-refractivity contribution in [3.05, 3.63) is 0 Å². The number of carbonyl (C=O) groups excluding carboxylic acids is 2. The van der Waals surface area contributed by atoms with Crippen LogP contribution in [0, 0.1) is 11.8 Å². The summed E-state index contributed by atoms with van der Waals surface area (Å²) in [5.74, 6) is 1.51. The summed E-state index contributed by atoms with van der Waals surface area (Å²) in [7, 11) is 0. The Bertz CT molecular complexity index is 317. The lowest BCUT2D eigenvalue weighted by Gasteiger charge is -2.39. The highest BCUT2D eigenvalue weighted by Gasteiger charge is 2.57. The topological polar surface area (TPSA) is 37.4 Å². The average Bonchev–Trinajstić information content (AvgIpc) is 3.01. The molecule has 0 N–H and O–H groups in total. The lowest BCUT2D eigenvalue weighted by Crippen LogP contribution is -2.51. The van der Waals surface area contributed by atoms with Crippen molar-refractivity contribution in [3.8, 4) is 0 Å². The lowest BCUT2D eigenvalue weighted by molar-refractivity contribution is -0.134. The van der Waals surface area contributed by atoms with Crippen LogP contribution in [-0.4, -0.2) is 28.7 Å². The van der Waals surface area contributed by atoms with E-state index in [0.717, 1.165) is 0 Å². The van der Waals surface area contributed by atoms with E-state index in [-0.39, 0.29) is 23.7 Å². The minimum atomic E-state index is 0.0171. The van der Waals surface area contributed by atoms with Crippen LogP contribution in [0.3, 0.4) is 0 Å². The fourth-order valence-corrected chi connectivity index (χ4v) is 3.13. The maximum atomic E-state index is 11.8. The molecule has 0 spiro atoms. The van der Waals surface area contributed by atoms with Crippen molar-refractivity contribution in [3.63, 3.8) is 0 Å².